The van der Waals surface area contributed by atoms with Crippen LogP contribution >= 0.6 is 0 Å². The largest absolute Gasteiger partial charge is 0.493 e. The van der Waals surface area contributed by atoms with Gasteiger partial charge >= 0.3 is 0 Å². The number of pyridine rings is 1. The number of rotatable bonds is 7. The van der Waals surface area contributed by atoms with Crippen LogP contribution in [-0.2, 0) is 13.0 Å². The van der Waals surface area contributed by atoms with Crippen LogP contribution in [0, 0.1) is 0 Å². The average Bonchev–Trinajstić information content (AvgIpc) is 2.54. The summed E-state index contributed by atoms with van der Waals surface area (Å²) in [5.41, 5.74) is 8.03. The van der Waals surface area contributed by atoms with Gasteiger partial charge in [0.2, 0.25) is 0 Å². The molecule has 4 nitrogen and oxygen atoms in total. The Kier molecular flexibility index (Phi) is 5.58. The fourth-order valence-corrected chi connectivity index (χ4v) is 2.04. The van der Waals surface area contributed by atoms with Crippen molar-refractivity contribution in [2.45, 2.75) is 32.4 Å². The first-order valence-corrected chi connectivity index (χ1v) is 7.18. The molecule has 2 rings (SSSR count). The Morgan fingerprint density at radius 3 is 2.71 bits per heavy atom. The first-order valence-electron chi connectivity index (χ1n) is 7.18. The minimum atomic E-state index is 0.176. The quantitative estimate of drug-likeness (QED) is 0.850. The van der Waals surface area contributed by atoms with E-state index < -0.39 is 0 Å². The monoisotopic (exact) mass is 286 g/mol. The highest BCUT2D eigenvalue weighted by molar-refractivity contribution is 5.43. The minimum absolute atomic E-state index is 0.176. The number of nitrogens with two attached hydrogens (primary N) is 1. The second-order valence-electron chi connectivity index (χ2n) is 4.97. The number of benzene rings is 1. The highest BCUT2D eigenvalue weighted by Crippen LogP contribution is 2.29. The average molecular weight is 286 g/mol. The highest BCUT2D eigenvalue weighted by Gasteiger charge is 2.08. The molecule has 21 heavy (non-hydrogen) atoms. The van der Waals surface area contributed by atoms with Crippen LogP contribution in [0.1, 0.15) is 24.6 Å². The molecule has 0 fully saturated rings. The minimum Gasteiger partial charge on any atom is -0.493 e. The SMILES string of the molecule is CCC(N)Cc1ccc(OCc2ccccn2)c(OC)c1. The van der Waals surface area contributed by atoms with Crippen LogP contribution in [0.2, 0.25) is 0 Å². The standard InChI is InChI=1S/C17H22N2O2/c1-3-14(18)10-13-7-8-16(17(11-13)20-2)21-12-15-6-4-5-9-19-15/h4-9,11,14H,3,10,12,18H2,1-2H3. The lowest BCUT2D eigenvalue weighted by atomic mass is 10.0. The van der Waals surface area contributed by atoms with Crippen molar-refractivity contribution in [3.63, 3.8) is 0 Å². The van der Waals surface area contributed by atoms with Gasteiger partial charge in [-0.2, -0.15) is 0 Å². The number of ether oxygens (including phenoxy) is 2. The van der Waals surface area contributed by atoms with Gasteiger partial charge in [-0.3, -0.25) is 4.98 Å². The van der Waals surface area contributed by atoms with Gasteiger partial charge < -0.3 is 15.2 Å². The van der Waals surface area contributed by atoms with Crippen molar-refractivity contribution in [2.75, 3.05) is 7.11 Å². The first-order chi connectivity index (χ1) is 10.2. The summed E-state index contributed by atoms with van der Waals surface area (Å²) in [6.45, 7) is 2.51. The summed E-state index contributed by atoms with van der Waals surface area (Å²) < 4.78 is 11.2. The molecule has 0 aliphatic heterocycles. The van der Waals surface area contributed by atoms with Crippen molar-refractivity contribution >= 4 is 0 Å². The molecule has 0 saturated heterocycles. The molecular formula is C17H22N2O2. The van der Waals surface area contributed by atoms with Gasteiger partial charge in [0, 0.05) is 12.2 Å². The summed E-state index contributed by atoms with van der Waals surface area (Å²) in [6, 6.07) is 11.9. The van der Waals surface area contributed by atoms with Gasteiger partial charge in [-0.15, -0.1) is 0 Å². The van der Waals surface area contributed by atoms with E-state index in [1.54, 1.807) is 13.3 Å². The lowest BCUT2D eigenvalue weighted by Crippen LogP contribution is -2.21. The molecule has 1 atom stereocenters. The zero-order valence-corrected chi connectivity index (χ0v) is 12.6. The topological polar surface area (TPSA) is 57.4 Å². The van der Waals surface area contributed by atoms with Crippen LogP contribution in [-0.4, -0.2) is 18.1 Å². The summed E-state index contributed by atoms with van der Waals surface area (Å²) in [7, 11) is 1.65. The number of hydrogen-bond acceptors (Lipinski definition) is 4. The summed E-state index contributed by atoms with van der Waals surface area (Å²) in [5, 5.41) is 0. The van der Waals surface area contributed by atoms with Crippen LogP contribution < -0.4 is 15.2 Å². The van der Waals surface area contributed by atoms with Gasteiger partial charge in [0.05, 0.1) is 12.8 Å². The van der Waals surface area contributed by atoms with Gasteiger partial charge in [0.1, 0.15) is 6.61 Å². The van der Waals surface area contributed by atoms with E-state index in [0.29, 0.717) is 6.61 Å². The Hall–Kier alpha value is -2.07. The van der Waals surface area contributed by atoms with E-state index in [1.165, 1.54) is 0 Å². The third-order valence-corrected chi connectivity index (χ3v) is 3.35. The molecule has 112 valence electrons. The van der Waals surface area contributed by atoms with Gasteiger partial charge in [-0.05, 0) is 42.7 Å². The smallest absolute Gasteiger partial charge is 0.161 e. The van der Waals surface area contributed by atoms with E-state index in [4.69, 9.17) is 15.2 Å². The van der Waals surface area contributed by atoms with E-state index in [1.807, 2.05) is 36.4 Å². The second kappa shape index (κ2) is 7.64. The number of nitrogens with zero attached hydrogens (tertiary/aromatic N) is 1. The molecule has 0 aliphatic rings. The van der Waals surface area contributed by atoms with E-state index in [9.17, 15) is 0 Å². The molecule has 1 aromatic heterocycles. The summed E-state index contributed by atoms with van der Waals surface area (Å²) in [4.78, 5) is 4.23. The summed E-state index contributed by atoms with van der Waals surface area (Å²) in [6.07, 6.45) is 3.55. The molecule has 2 aromatic rings. The van der Waals surface area contributed by atoms with Crippen LogP contribution in [0.5, 0.6) is 11.5 Å². The molecule has 0 aliphatic carbocycles. The van der Waals surface area contributed by atoms with Crippen LogP contribution in [0.15, 0.2) is 42.6 Å². The lowest BCUT2D eigenvalue weighted by molar-refractivity contribution is 0.280. The zero-order valence-electron chi connectivity index (χ0n) is 12.6. The Labute approximate surface area is 125 Å². The van der Waals surface area contributed by atoms with Crippen molar-refractivity contribution in [3.8, 4) is 11.5 Å². The first kappa shape index (κ1) is 15.3. The number of aromatic nitrogens is 1. The highest BCUT2D eigenvalue weighted by atomic mass is 16.5. The van der Waals surface area contributed by atoms with Crippen molar-refractivity contribution in [1.82, 2.24) is 4.98 Å². The van der Waals surface area contributed by atoms with Crippen molar-refractivity contribution in [1.29, 1.82) is 0 Å². The second-order valence-corrected chi connectivity index (χ2v) is 4.97. The molecule has 1 aromatic carbocycles. The molecule has 1 unspecified atom stereocenters. The van der Waals surface area contributed by atoms with E-state index in [-0.39, 0.29) is 6.04 Å². The zero-order chi connectivity index (χ0) is 15.1. The fraction of sp³-hybridized carbons (Fsp3) is 0.353. The Morgan fingerprint density at radius 1 is 1.19 bits per heavy atom. The van der Waals surface area contributed by atoms with E-state index in [2.05, 4.69) is 11.9 Å². The maximum atomic E-state index is 5.99. The van der Waals surface area contributed by atoms with Gasteiger partial charge in [-0.25, -0.2) is 0 Å². The normalized spacial score (nSPS) is 12.0. The number of methoxy groups -OCH3 is 1. The van der Waals surface area contributed by atoms with E-state index >= 15 is 0 Å². The van der Waals surface area contributed by atoms with E-state index in [0.717, 1.165) is 35.6 Å². The Balaban J connectivity index is 2.05. The molecule has 0 radical (unpaired) electrons. The predicted molar refractivity (Wildman–Crippen MR) is 83.5 cm³/mol. The Bertz CT molecular complexity index is 558. The molecule has 0 saturated carbocycles. The van der Waals surface area contributed by atoms with Crippen molar-refractivity contribution in [3.05, 3.63) is 53.9 Å². The molecule has 0 spiro atoms. The summed E-state index contributed by atoms with van der Waals surface area (Å²) >= 11 is 0. The maximum absolute atomic E-state index is 5.99. The maximum Gasteiger partial charge on any atom is 0.161 e. The fourth-order valence-electron chi connectivity index (χ4n) is 2.04. The molecule has 0 amide bonds. The molecule has 2 N–H and O–H groups in total. The van der Waals surface area contributed by atoms with Crippen molar-refractivity contribution < 1.29 is 9.47 Å². The van der Waals surface area contributed by atoms with Gasteiger partial charge in [0.15, 0.2) is 11.5 Å². The summed E-state index contributed by atoms with van der Waals surface area (Å²) in [5.74, 6) is 1.45. The van der Waals surface area contributed by atoms with Crippen LogP contribution in [0.4, 0.5) is 0 Å². The Morgan fingerprint density at radius 2 is 2.05 bits per heavy atom. The van der Waals surface area contributed by atoms with Gasteiger partial charge in [-0.1, -0.05) is 19.1 Å². The molecular weight excluding hydrogens is 264 g/mol. The molecule has 0 bridgehead atoms. The van der Waals surface area contributed by atoms with Crippen LogP contribution in [0.25, 0.3) is 0 Å². The number of hydrogen-bond donors (Lipinski definition) is 1. The third-order valence-electron chi connectivity index (χ3n) is 3.35. The molecule has 1 heterocycles. The third kappa shape index (κ3) is 4.46. The predicted octanol–water partition coefficient (Wildman–Crippen LogP) is 2.95. The lowest BCUT2D eigenvalue weighted by Gasteiger charge is -2.13. The van der Waals surface area contributed by atoms with Crippen LogP contribution in [0.3, 0.4) is 0 Å². The molecule has 4 heteroatoms. The van der Waals surface area contributed by atoms with Crippen molar-refractivity contribution in [2.24, 2.45) is 5.73 Å². The van der Waals surface area contributed by atoms with Gasteiger partial charge in [0.25, 0.3) is 0 Å².